The number of urea groups is 1. The number of pyridine rings is 1. The fourth-order valence-corrected chi connectivity index (χ4v) is 2.73. The fraction of sp³-hybridized carbons (Fsp3) is 0.250. The van der Waals surface area contributed by atoms with Crippen LogP contribution >= 0.6 is 23.1 Å². The maximum atomic E-state index is 12.6. The van der Waals surface area contributed by atoms with Crippen molar-refractivity contribution in [3.05, 3.63) is 40.1 Å². The predicted molar refractivity (Wildman–Crippen MR) is 75.6 cm³/mol. The van der Waals surface area contributed by atoms with Gasteiger partial charge in [-0.05, 0) is 19.1 Å². The van der Waals surface area contributed by atoms with Gasteiger partial charge in [0, 0.05) is 17.7 Å². The summed E-state index contributed by atoms with van der Waals surface area (Å²) >= 11 is 6.92. The van der Waals surface area contributed by atoms with Gasteiger partial charge in [0.25, 0.3) is 5.91 Å². The SMILES string of the molecule is CC1(c2ccccn2)NC(=O)N(Cc2nnsc2Cl)C1=O. The molecule has 1 aliphatic heterocycles. The number of hydrogen-bond donors (Lipinski definition) is 1. The zero-order chi connectivity index (χ0) is 15.0. The van der Waals surface area contributed by atoms with E-state index in [1.165, 1.54) is 0 Å². The van der Waals surface area contributed by atoms with E-state index < -0.39 is 17.5 Å². The van der Waals surface area contributed by atoms with Crippen LogP contribution in [0.1, 0.15) is 18.3 Å². The highest BCUT2D eigenvalue weighted by Gasteiger charge is 2.50. The van der Waals surface area contributed by atoms with Crippen molar-refractivity contribution in [1.29, 1.82) is 0 Å². The lowest BCUT2D eigenvalue weighted by molar-refractivity contribution is -0.131. The molecule has 3 amide bonds. The minimum Gasteiger partial charge on any atom is -0.318 e. The van der Waals surface area contributed by atoms with Crippen molar-refractivity contribution in [2.45, 2.75) is 19.0 Å². The Morgan fingerprint density at radius 2 is 2.24 bits per heavy atom. The van der Waals surface area contributed by atoms with Crippen LogP contribution in [-0.4, -0.2) is 31.4 Å². The molecule has 1 unspecified atom stereocenters. The van der Waals surface area contributed by atoms with E-state index in [1.807, 2.05) is 0 Å². The number of carbonyl (C=O) groups is 2. The van der Waals surface area contributed by atoms with Gasteiger partial charge in [-0.25, -0.2) is 4.79 Å². The van der Waals surface area contributed by atoms with Gasteiger partial charge < -0.3 is 5.32 Å². The van der Waals surface area contributed by atoms with Crippen LogP contribution in [0.3, 0.4) is 0 Å². The molecule has 1 saturated heterocycles. The second kappa shape index (κ2) is 5.05. The van der Waals surface area contributed by atoms with E-state index in [0.29, 0.717) is 15.7 Å². The smallest absolute Gasteiger partial charge is 0.318 e. The van der Waals surface area contributed by atoms with Crippen molar-refractivity contribution >= 4 is 35.1 Å². The second-order valence-corrected chi connectivity index (χ2v) is 6.01. The van der Waals surface area contributed by atoms with Crippen LogP contribution in [0.2, 0.25) is 4.34 Å². The molecule has 7 nitrogen and oxygen atoms in total. The maximum absolute atomic E-state index is 12.6. The first-order chi connectivity index (χ1) is 10.0. The van der Waals surface area contributed by atoms with Crippen molar-refractivity contribution in [1.82, 2.24) is 24.8 Å². The van der Waals surface area contributed by atoms with E-state index in [1.54, 1.807) is 31.3 Å². The number of hydrogen-bond acceptors (Lipinski definition) is 6. The lowest BCUT2D eigenvalue weighted by atomic mass is 9.97. The minimum atomic E-state index is -1.19. The van der Waals surface area contributed by atoms with Crippen molar-refractivity contribution < 1.29 is 9.59 Å². The van der Waals surface area contributed by atoms with Gasteiger partial charge in [0.2, 0.25) is 0 Å². The highest BCUT2D eigenvalue weighted by Crippen LogP contribution is 2.29. The first-order valence-corrected chi connectivity index (χ1v) is 7.20. The number of amides is 3. The van der Waals surface area contributed by atoms with Crippen LogP contribution in [0.4, 0.5) is 4.79 Å². The molecule has 0 radical (unpaired) electrons. The van der Waals surface area contributed by atoms with Gasteiger partial charge in [-0.15, -0.1) is 5.10 Å². The van der Waals surface area contributed by atoms with Crippen molar-refractivity contribution in [3.63, 3.8) is 0 Å². The van der Waals surface area contributed by atoms with E-state index in [2.05, 4.69) is 19.9 Å². The maximum Gasteiger partial charge on any atom is 0.325 e. The van der Waals surface area contributed by atoms with Gasteiger partial charge in [0.15, 0.2) is 5.54 Å². The molecule has 0 saturated carbocycles. The summed E-state index contributed by atoms with van der Waals surface area (Å²) in [5, 5.41) is 6.48. The van der Waals surface area contributed by atoms with Crippen LogP contribution in [0, 0.1) is 0 Å². The quantitative estimate of drug-likeness (QED) is 0.866. The summed E-state index contributed by atoms with van der Waals surface area (Å²) in [7, 11) is 0. The van der Waals surface area contributed by atoms with Gasteiger partial charge in [-0.3, -0.25) is 14.7 Å². The Balaban J connectivity index is 1.91. The summed E-state index contributed by atoms with van der Waals surface area (Å²) in [5.41, 5.74) is -0.308. The first-order valence-electron chi connectivity index (χ1n) is 6.05. The van der Waals surface area contributed by atoms with Crippen molar-refractivity contribution in [3.8, 4) is 0 Å². The van der Waals surface area contributed by atoms with Crippen LogP contribution < -0.4 is 5.32 Å². The molecule has 2 aromatic heterocycles. The topological polar surface area (TPSA) is 88.1 Å². The Hall–Kier alpha value is -2.06. The molecule has 2 aromatic rings. The Kier molecular flexibility index (Phi) is 3.34. The highest BCUT2D eigenvalue weighted by molar-refractivity contribution is 7.10. The van der Waals surface area contributed by atoms with E-state index in [9.17, 15) is 9.59 Å². The number of rotatable bonds is 3. The Morgan fingerprint density at radius 1 is 1.43 bits per heavy atom. The first kappa shape index (κ1) is 13.9. The van der Waals surface area contributed by atoms with Gasteiger partial charge in [0.1, 0.15) is 10.0 Å². The summed E-state index contributed by atoms with van der Waals surface area (Å²) < 4.78 is 4.05. The van der Waals surface area contributed by atoms with E-state index in [0.717, 1.165) is 16.4 Å². The molecule has 0 aromatic carbocycles. The molecule has 1 atom stereocenters. The molecule has 3 heterocycles. The van der Waals surface area contributed by atoms with Crippen LogP contribution in [0.5, 0.6) is 0 Å². The molecule has 1 aliphatic rings. The molecule has 9 heteroatoms. The number of aromatic nitrogens is 3. The molecule has 0 spiro atoms. The molecule has 1 N–H and O–H groups in total. The number of imide groups is 1. The highest BCUT2D eigenvalue weighted by atomic mass is 35.5. The molecular weight excluding hydrogens is 314 g/mol. The summed E-state index contributed by atoms with van der Waals surface area (Å²) in [4.78, 5) is 29.9. The molecule has 21 heavy (non-hydrogen) atoms. The van der Waals surface area contributed by atoms with Crippen molar-refractivity contribution in [2.24, 2.45) is 0 Å². The summed E-state index contributed by atoms with van der Waals surface area (Å²) in [6.45, 7) is 1.61. The van der Waals surface area contributed by atoms with Crippen LogP contribution in [-0.2, 0) is 16.9 Å². The number of nitrogens with zero attached hydrogens (tertiary/aromatic N) is 4. The number of carbonyl (C=O) groups excluding carboxylic acids is 2. The van der Waals surface area contributed by atoms with Crippen LogP contribution in [0.15, 0.2) is 24.4 Å². The Bertz CT molecular complexity index is 707. The number of halogens is 1. The van der Waals surface area contributed by atoms with Gasteiger partial charge in [0.05, 0.1) is 12.2 Å². The summed E-state index contributed by atoms with van der Waals surface area (Å²) in [6, 6.07) is 4.69. The lowest BCUT2D eigenvalue weighted by Crippen LogP contribution is -2.41. The van der Waals surface area contributed by atoms with E-state index >= 15 is 0 Å². The Labute approximate surface area is 129 Å². The second-order valence-electron chi connectivity index (χ2n) is 4.65. The number of nitrogens with one attached hydrogen (secondary N) is 1. The molecule has 1 fully saturated rings. The standard InChI is InChI=1S/C12H10ClN5O2S/c1-12(8-4-2-3-5-14-8)10(19)18(11(20)15-12)6-7-9(13)21-17-16-7/h2-5H,6H2,1H3,(H,15,20). The third-order valence-electron chi connectivity index (χ3n) is 3.27. The average molecular weight is 324 g/mol. The zero-order valence-electron chi connectivity index (χ0n) is 10.9. The molecule has 3 rings (SSSR count). The summed E-state index contributed by atoms with van der Waals surface area (Å²) in [5.74, 6) is -0.393. The Morgan fingerprint density at radius 3 is 2.86 bits per heavy atom. The van der Waals surface area contributed by atoms with Crippen LogP contribution in [0.25, 0.3) is 0 Å². The average Bonchev–Trinajstić information content (AvgIpc) is 2.98. The largest absolute Gasteiger partial charge is 0.325 e. The monoisotopic (exact) mass is 323 g/mol. The predicted octanol–water partition coefficient (Wildman–Crippen LogP) is 1.55. The molecule has 108 valence electrons. The third-order valence-corrected chi connectivity index (χ3v) is 4.25. The van der Waals surface area contributed by atoms with Gasteiger partial charge in [-0.1, -0.05) is 22.2 Å². The van der Waals surface area contributed by atoms with Gasteiger partial charge >= 0.3 is 6.03 Å². The van der Waals surface area contributed by atoms with Gasteiger partial charge in [-0.2, -0.15) is 0 Å². The summed E-state index contributed by atoms with van der Waals surface area (Å²) in [6.07, 6.45) is 1.57. The normalized spacial score (nSPS) is 21.7. The van der Waals surface area contributed by atoms with E-state index in [4.69, 9.17) is 11.6 Å². The fourth-order valence-electron chi connectivity index (χ4n) is 2.11. The third kappa shape index (κ3) is 2.26. The molecule has 0 aliphatic carbocycles. The lowest BCUT2D eigenvalue weighted by Gasteiger charge is -2.20. The minimum absolute atomic E-state index is 0.0115. The molecule has 0 bridgehead atoms. The van der Waals surface area contributed by atoms with E-state index in [-0.39, 0.29) is 6.54 Å². The molecular formula is C12H10ClN5O2S. The van der Waals surface area contributed by atoms with Crippen molar-refractivity contribution in [2.75, 3.05) is 0 Å². The zero-order valence-corrected chi connectivity index (χ0v) is 12.5.